The Morgan fingerprint density at radius 3 is 1.85 bits per heavy atom. The van der Waals surface area contributed by atoms with Crippen LogP contribution in [0.3, 0.4) is 0 Å². The van der Waals surface area contributed by atoms with Gasteiger partial charge >= 0.3 is 5.97 Å². The van der Waals surface area contributed by atoms with Gasteiger partial charge in [-0.15, -0.1) is 0 Å². The van der Waals surface area contributed by atoms with Gasteiger partial charge < -0.3 is 20.7 Å². The highest BCUT2D eigenvalue weighted by Crippen LogP contribution is 2.37. The minimum absolute atomic E-state index is 0.0972. The number of hydrogen-bond donors (Lipinski definition) is 3. The van der Waals surface area contributed by atoms with Crippen LogP contribution >= 0.6 is 11.6 Å². The Labute approximate surface area is 161 Å². The van der Waals surface area contributed by atoms with Crippen LogP contribution in [0.4, 0.5) is 8.78 Å². The van der Waals surface area contributed by atoms with Crippen molar-refractivity contribution in [3.63, 3.8) is 0 Å². The van der Waals surface area contributed by atoms with Gasteiger partial charge in [0, 0.05) is 22.7 Å². The number of aliphatic hydroxyl groups excluding tert-OH is 1. The summed E-state index contributed by atoms with van der Waals surface area (Å²) in [5.74, 6) is -4.13. The summed E-state index contributed by atoms with van der Waals surface area (Å²) in [5, 5.41) is 17.1. The van der Waals surface area contributed by atoms with Crippen LogP contribution in [0.5, 0.6) is 5.75 Å². The average molecular weight is 402 g/mol. The van der Waals surface area contributed by atoms with Gasteiger partial charge in [0.2, 0.25) is 0 Å². The zero-order valence-electron chi connectivity index (χ0n) is 15.0. The molecule has 0 aliphatic rings. The zero-order chi connectivity index (χ0) is 20.7. The zero-order valence-corrected chi connectivity index (χ0v) is 15.7. The van der Waals surface area contributed by atoms with Crippen LogP contribution in [0.25, 0.3) is 0 Å². The fourth-order valence-corrected chi connectivity index (χ4v) is 2.02. The van der Waals surface area contributed by atoms with E-state index in [2.05, 4.69) is 0 Å². The van der Waals surface area contributed by atoms with Crippen molar-refractivity contribution in [1.29, 1.82) is 0 Å². The van der Waals surface area contributed by atoms with Gasteiger partial charge in [-0.2, -0.15) is 8.78 Å². The van der Waals surface area contributed by atoms with Crippen molar-refractivity contribution in [2.24, 2.45) is 5.73 Å². The monoisotopic (exact) mass is 401 g/mol. The lowest BCUT2D eigenvalue weighted by Gasteiger charge is -2.22. The number of rotatable bonds is 6. The molecule has 0 saturated carbocycles. The van der Waals surface area contributed by atoms with Gasteiger partial charge in [0.25, 0.3) is 5.92 Å². The third-order valence-corrected chi connectivity index (χ3v) is 3.69. The second-order valence-electron chi connectivity index (χ2n) is 6.04. The van der Waals surface area contributed by atoms with Crippen molar-refractivity contribution < 1.29 is 28.5 Å². The molecule has 5 nitrogen and oxygen atoms in total. The van der Waals surface area contributed by atoms with Crippen molar-refractivity contribution in [3.8, 4) is 5.75 Å². The topological polar surface area (TPSA) is 92.8 Å². The van der Waals surface area contributed by atoms with Crippen LogP contribution < -0.4 is 10.5 Å². The molecule has 0 aliphatic carbocycles. The van der Waals surface area contributed by atoms with Gasteiger partial charge in [-0.1, -0.05) is 23.7 Å². The largest absolute Gasteiger partial charge is 0.478 e. The summed E-state index contributed by atoms with van der Waals surface area (Å²) in [5.41, 5.74) is 2.93. The number of alkyl halides is 2. The maximum atomic E-state index is 14.4. The summed E-state index contributed by atoms with van der Waals surface area (Å²) in [4.78, 5) is 11.0. The summed E-state index contributed by atoms with van der Waals surface area (Å²) in [6, 6.07) is 10.4. The predicted molar refractivity (Wildman–Crippen MR) is 99.4 cm³/mol. The number of aliphatic carboxylic acids is 1. The molecule has 0 fully saturated rings. The fraction of sp³-hybridized carbons (Fsp3) is 0.316. The standard InChI is InChI=1S/C17H15ClF2O3.C2H7NO/c1-16(2,15(21)22)23-14-9-5-12(6-10-14)17(19,20)11-3-7-13(18)8-4-11;3-1-2-4/h3-10H,1-2H3,(H,21,22);4H,1-3H2. The van der Waals surface area contributed by atoms with Crippen molar-refractivity contribution >= 4 is 17.6 Å². The Bertz CT molecular complexity index is 732. The lowest BCUT2D eigenvalue weighted by molar-refractivity contribution is -0.152. The molecule has 0 heterocycles. The first-order chi connectivity index (χ1) is 12.5. The molecule has 2 rings (SSSR count). The van der Waals surface area contributed by atoms with E-state index in [9.17, 15) is 13.6 Å². The lowest BCUT2D eigenvalue weighted by Crippen LogP contribution is -2.37. The van der Waals surface area contributed by atoms with Gasteiger partial charge in [0.1, 0.15) is 5.75 Å². The van der Waals surface area contributed by atoms with E-state index in [1.54, 1.807) is 0 Å². The highest BCUT2D eigenvalue weighted by molar-refractivity contribution is 6.30. The molecule has 0 atom stereocenters. The summed E-state index contributed by atoms with van der Waals surface area (Å²) < 4.78 is 34.2. The molecule has 0 aliphatic heterocycles. The molecule has 0 unspecified atom stereocenters. The molecule has 0 spiro atoms. The van der Waals surface area contributed by atoms with E-state index >= 15 is 0 Å². The molecular formula is C19H22ClF2NO4. The van der Waals surface area contributed by atoms with E-state index in [-0.39, 0.29) is 23.5 Å². The van der Waals surface area contributed by atoms with Crippen molar-refractivity contribution in [2.75, 3.05) is 13.2 Å². The predicted octanol–water partition coefficient (Wildman–Crippen LogP) is 3.66. The van der Waals surface area contributed by atoms with Crippen LogP contribution in [0.1, 0.15) is 25.0 Å². The summed E-state index contributed by atoms with van der Waals surface area (Å²) in [6.07, 6.45) is 0. The number of benzene rings is 2. The van der Waals surface area contributed by atoms with Crippen molar-refractivity contribution in [1.82, 2.24) is 0 Å². The number of nitrogens with two attached hydrogens (primary N) is 1. The quantitative estimate of drug-likeness (QED) is 0.687. The van der Waals surface area contributed by atoms with E-state index in [0.29, 0.717) is 11.6 Å². The number of ether oxygens (including phenoxy) is 1. The van der Waals surface area contributed by atoms with E-state index in [1.165, 1.54) is 62.4 Å². The normalized spacial score (nSPS) is 11.4. The van der Waals surface area contributed by atoms with E-state index in [0.717, 1.165) is 0 Å². The second kappa shape index (κ2) is 9.64. The molecule has 2 aromatic rings. The molecule has 2 aromatic carbocycles. The van der Waals surface area contributed by atoms with Crippen LogP contribution in [-0.2, 0) is 10.7 Å². The Balaban J connectivity index is 0.000000828. The van der Waals surface area contributed by atoms with Crippen molar-refractivity contribution in [3.05, 3.63) is 64.7 Å². The SMILES string of the molecule is CC(C)(Oc1ccc(C(F)(F)c2ccc(Cl)cc2)cc1)C(=O)O.NCCO. The first-order valence-corrected chi connectivity index (χ1v) is 8.40. The smallest absolute Gasteiger partial charge is 0.347 e. The Kier molecular flexibility index (Phi) is 8.15. The summed E-state index contributed by atoms with van der Waals surface area (Å²) >= 11 is 5.71. The molecule has 8 heteroatoms. The first kappa shape index (κ1) is 22.8. The number of aliphatic hydroxyl groups is 1. The summed E-state index contributed by atoms with van der Waals surface area (Å²) in [6.45, 7) is 3.23. The van der Waals surface area contributed by atoms with E-state index < -0.39 is 17.5 Å². The Morgan fingerprint density at radius 1 is 1.07 bits per heavy atom. The first-order valence-electron chi connectivity index (χ1n) is 8.02. The number of halogens is 3. The minimum Gasteiger partial charge on any atom is -0.478 e. The highest BCUT2D eigenvalue weighted by atomic mass is 35.5. The van der Waals surface area contributed by atoms with Crippen LogP contribution in [0.2, 0.25) is 5.02 Å². The molecular weight excluding hydrogens is 380 g/mol. The minimum atomic E-state index is -3.19. The molecule has 0 bridgehead atoms. The molecule has 4 N–H and O–H groups in total. The maximum Gasteiger partial charge on any atom is 0.347 e. The van der Waals surface area contributed by atoms with E-state index in [1.807, 2.05) is 0 Å². The van der Waals surface area contributed by atoms with Gasteiger partial charge in [0.15, 0.2) is 5.60 Å². The molecule has 148 valence electrons. The van der Waals surface area contributed by atoms with Crippen molar-refractivity contribution in [2.45, 2.75) is 25.4 Å². The van der Waals surface area contributed by atoms with E-state index in [4.69, 9.17) is 32.3 Å². The number of carboxylic acids is 1. The molecule has 0 saturated heterocycles. The third-order valence-electron chi connectivity index (χ3n) is 3.44. The summed E-state index contributed by atoms with van der Waals surface area (Å²) in [7, 11) is 0. The average Bonchev–Trinajstić information content (AvgIpc) is 2.62. The molecule has 0 radical (unpaired) electrons. The maximum absolute atomic E-state index is 14.4. The van der Waals surface area contributed by atoms with Crippen LogP contribution in [-0.4, -0.2) is 34.9 Å². The Hall–Kier alpha value is -2.22. The highest BCUT2D eigenvalue weighted by Gasteiger charge is 2.34. The molecule has 0 amide bonds. The fourth-order valence-electron chi connectivity index (χ4n) is 1.90. The second-order valence-corrected chi connectivity index (χ2v) is 6.47. The molecule has 27 heavy (non-hydrogen) atoms. The number of carboxylic acid groups (broad SMARTS) is 1. The third kappa shape index (κ3) is 6.46. The lowest BCUT2D eigenvalue weighted by atomic mass is 10.0. The van der Waals surface area contributed by atoms with Crippen LogP contribution in [0, 0.1) is 0 Å². The number of hydrogen-bond acceptors (Lipinski definition) is 4. The van der Waals surface area contributed by atoms with Gasteiger partial charge in [-0.3, -0.25) is 0 Å². The Morgan fingerprint density at radius 2 is 1.48 bits per heavy atom. The van der Waals surface area contributed by atoms with Crippen LogP contribution in [0.15, 0.2) is 48.5 Å². The van der Waals surface area contributed by atoms with Gasteiger partial charge in [0.05, 0.1) is 6.61 Å². The number of carbonyl (C=O) groups is 1. The molecule has 0 aromatic heterocycles. The van der Waals surface area contributed by atoms with Gasteiger partial charge in [-0.25, -0.2) is 4.79 Å². The van der Waals surface area contributed by atoms with Gasteiger partial charge in [-0.05, 0) is 50.2 Å².